The molecule has 0 aromatic heterocycles. The first-order valence-corrected chi connectivity index (χ1v) is 8.16. The monoisotopic (exact) mass is 319 g/mol. The molecule has 1 saturated heterocycles. The Labute approximate surface area is 137 Å². The molecule has 0 bridgehead atoms. The maximum Gasteiger partial charge on any atom is 0.305 e. The van der Waals surface area contributed by atoms with Crippen molar-refractivity contribution in [3.05, 3.63) is 35.9 Å². The van der Waals surface area contributed by atoms with Gasteiger partial charge in [-0.25, -0.2) is 0 Å². The fourth-order valence-electron chi connectivity index (χ4n) is 3.05. The molecule has 23 heavy (non-hydrogen) atoms. The van der Waals surface area contributed by atoms with E-state index in [9.17, 15) is 9.59 Å². The van der Waals surface area contributed by atoms with Gasteiger partial charge in [0, 0.05) is 19.6 Å². The number of ether oxygens (including phenoxy) is 1. The number of hydrogen-bond donors (Lipinski definition) is 2. The zero-order chi connectivity index (χ0) is 16.7. The number of carboxylic acid groups (broad SMARTS) is 1. The van der Waals surface area contributed by atoms with Crippen LogP contribution in [-0.4, -0.2) is 35.7 Å². The first kappa shape index (κ1) is 17.5. The number of aliphatic carboxylic acids is 1. The molecule has 0 spiro atoms. The van der Waals surface area contributed by atoms with Gasteiger partial charge in [0.2, 0.25) is 5.91 Å². The Bertz CT molecular complexity index is 523. The Kier molecular flexibility index (Phi) is 6.16. The van der Waals surface area contributed by atoms with Crippen LogP contribution in [0.3, 0.4) is 0 Å². The highest BCUT2D eigenvalue weighted by molar-refractivity contribution is 5.78. The fraction of sp³-hybridized carbons (Fsp3) is 0.556. The van der Waals surface area contributed by atoms with Crippen molar-refractivity contribution in [3.8, 4) is 0 Å². The van der Waals surface area contributed by atoms with Crippen LogP contribution in [0, 0.1) is 0 Å². The number of carbonyl (C=O) groups excluding carboxylic acids is 1. The van der Waals surface area contributed by atoms with Crippen LogP contribution < -0.4 is 5.32 Å². The topological polar surface area (TPSA) is 75.6 Å². The first-order valence-electron chi connectivity index (χ1n) is 8.16. The van der Waals surface area contributed by atoms with Crippen molar-refractivity contribution in [2.24, 2.45) is 0 Å². The van der Waals surface area contributed by atoms with Crippen molar-refractivity contribution < 1.29 is 19.4 Å². The standard InChI is InChI=1S/C18H25NO4/c1-14(15-5-3-2-4-6-15)7-8-16(20)19-18(13-17(21)22)9-11-23-12-10-18/h2-6,14H,7-13H2,1H3,(H,19,20)(H,21,22). The molecule has 1 aliphatic rings. The highest BCUT2D eigenvalue weighted by Crippen LogP contribution is 2.26. The molecule has 1 heterocycles. The maximum atomic E-state index is 12.3. The molecule has 0 aliphatic carbocycles. The van der Waals surface area contributed by atoms with E-state index in [1.54, 1.807) is 0 Å². The van der Waals surface area contributed by atoms with Crippen molar-refractivity contribution in [2.75, 3.05) is 13.2 Å². The molecule has 1 aromatic rings. The predicted octanol–water partition coefficient (Wildman–Crippen LogP) is 2.71. The van der Waals surface area contributed by atoms with Crippen LogP contribution in [0.1, 0.15) is 50.5 Å². The first-order chi connectivity index (χ1) is 11.0. The zero-order valence-electron chi connectivity index (χ0n) is 13.6. The molecule has 1 unspecified atom stereocenters. The molecule has 0 saturated carbocycles. The summed E-state index contributed by atoms with van der Waals surface area (Å²) in [6.45, 7) is 3.09. The number of amides is 1. The number of carbonyl (C=O) groups is 2. The number of benzene rings is 1. The van der Waals surface area contributed by atoms with E-state index in [2.05, 4.69) is 24.4 Å². The van der Waals surface area contributed by atoms with Gasteiger partial charge in [-0.2, -0.15) is 0 Å². The summed E-state index contributed by atoms with van der Waals surface area (Å²) in [4.78, 5) is 23.4. The molecule has 1 amide bonds. The van der Waals surface area contributed by atoms with E-state index in [0.717, 1.165) is 6.42 Å². The quantitative estimate of drug-likeness (QED) is 0.810. The van der Waals surface area contributed by atoms with Crippen molar-refractivity contribution in [1.82, 2.24) is 5.32 Å². The zero-order valence-corrected chi connectivity index (χ0v) is 13.6. The van der Waals surface area contributed by atoms with Crippen molar-refractivity contribution >= 4 is 11.9 Å². The average Bonchev–Trinajstić information content (AvgIpc) is 2.53. The molecule has 126 valence electrons. The smallest absolute Gasteiger partial charge is 0.305 e. The third-order valence-electron chi connectivity index (χ3n) is 4.52. The van der Waals surface area contributed by atoms with Gasteiger partial charge >= 0.3 is 5.97 Å². The summed E-state index contributed by atoms with van der Waals surface area (Å²) >= 11 is 0. The predicted molar refractivity (Wildman–Crippen MR) is 87.3 cm³/mol. The van der Waals surface area contributed by atoms with E-state index >= 15 is 0 Å². The molecular weight excluding hydrogens is 294 g/mol. The minimum Gasteiger partial charge on any atom is -0.481 e. The normalized spacial score (nSPS) is 18.1. The summed E-state index contributed by atoms with van der Waals surface area (Å²) in [5.41, 5.74) is 0.559. The van der Waals surface area contributed by atoms with Crippen molar-refractivity contribution in [3.63, 3.8) is 0 Å². The summed E-state index contributed by atoms with van der Waals surface area (Å²) in [6, 6.07) is 10.1. The summed E-state index contributed by atoms with van der Waals surface area (Å²) in [7, 11) is 0. The van der Waals surface area contributed by atoms with Gasteiger partial charge in [0.05, 0.1) is 12.0 Å². The average molecular weight is 319 g/mol. The third-order valence-corrected chi connectivity index (χ3v) is 4.52. The molecule has 2 N–H and O–H groups in total. The van der Waals surface area contributed by atoms with Gasteiger partial charge in [-0.05, 0) is 30.7 Å². The largest absolute Gasteiger partial charge is 0.481 e. The lowest BCUT2D eigenvalue weighted by atomic mass is 9.86. The SMILES string of the molecule is CC(CCC(=O)NC1(CC(=O)O)CCOCC1)c1ccccc1. The number of hydrogen-bond acceptors (Lipinski definition) is 3. The van der Waals surface area contributed by atoms with E-state index in [1.165, 1.54) is 5.56 Å². The molecule has 1 aromatic carbocycles. The molecule has 1 fully saturated rings. The van der Waals surface area contributed by atoms with E-state index in [-0.39, 0.29) is 12.3 Å². The van der Waals surface area contributed by atoms with Crippen LogP contribution in [0.5, 0.6) is 0 Å². The number of nitrogens with one attached hydrogen (secondary N) is 1. The van der Waals surface area contributed by atoms with Crippen LogP contribution in [0.15, 0.2) is 30.3 Å². The van der Waals surface area contributed by atoms with E-state index in [1.807, 2.05) is 18.2 Å². The van der Waals surface area contributed by atoms with Gasteiger partial charge in [-0.3, -0.25) is 9.59 Å². The van der Waals surface area contributed by atoms with Crippen molar-refractivity contribution in [1.29, 1.82) is 0 Å². The lowest BCUT2D eigenvalue weighted by Crippen LogP contribution is -2.53. The summed E-state index contributed by atoms with van der Waals surface area (Å²) in [5.74, 6) is -0.659. The van der Waals surface area contributed by atoms with E-state index in [4.69, 9.17) is 9.84 Å². The molecular formula is C18H25NO4. The van der Waals surface area contributed by atoms with Crippen LogP contribution in [-0.2, 0) is 14.3 Å². The van der Waals surface area contributed by atoms with Gasteiger partial charge in [-0.1, -0.05) is 37.3 Å². The van der Waals surface area contributed by atoms with Crippen LogP contribution in [0.2, 0.25) is 0 Å². The van der Waals surface area contributed by atoms with Gasteiger partial charge in [0.1, 0.15) is 0 Å². The molecule has 2 rings (SSSR count). The molecule has 5 heteroatoms. The highest BCUT2D eigenvalue weighted by atomic mass is 16.5. The highest BCUT2D eigenvalue weighted by Gasteiger charge is 2.36. The Morgan fingerprint density at radius 2 is 1.91 bits per heavy atom. The van der Waals surface area contributed by atoms with E-state index < -0.39 is 11.5 Å². The second kappa shape index (κ2) is 8.11. The summed E-state index contributed by atoms with van der Waals surface area (Å²) < 4.78 is 5.30. The molecule has 5 nitrogen and oxygen atoms in total. The van der Waals surface area contributed by atoms with Gasteiger partial charge in [-0.15, -0.1) is 0 Å². The lowest BCUT2D eigenvalue weighted by molar-refractivity contribution is -0.140. The maximum absolute atomic E-state index is 12.3. The Balaban J connectivity index is 1.88. The van der Waals surface area contributed by atoms with Gasteiger partial charge < -0.3 is 15.2 Å². The Morgan fingerprint density at radius 1 is 1.26 bits per heavy atom. The second-order valence-electron chi connectivity index (χ2n) is 6.36. The van der Waals surface area contributed by atoms with Gasteiger partial charge in [0.15, 0.2) is 0 Å². The van der Waals surface area contributed by atoms with E-state index in [0.29, 0.717) is 38.4 Å². The minimum absolute atomic E-state index is 0.0453. The van der Waals surface area contributed by atoms with Crippen molar-refractivity contribution in [2.45, 2.75) is 50.5 Å². The van der Waals surface area contributed by atoms with Crippen LogP contribution in [0.25, 0.3) is 0 Å². The lowest BCUT2D eigenvalue weighted by Gasteiger charge is -2.37. The molecule has 1 atom stereocenters. The number of carboxylic acids is 1. The minimum atomic E-state index is -0.884. The Morgan fingerprint density at radius 3 is 2.52 bits per heavy atom. The van der Waals surface area contributed by atoms with Crippen LogP contribution in [0.4, 0.5) is 0 Å². The van der Waals surface area contributed by atoms with Crippen LogP contribution >= 0.6 is 0 Å². The second-order valence-corrected chi connectivity index (χ2v) is 6.36. The van der Waals surface area contributed by atoms with Gasteiger partial charge in [0.25, 0.3) is 0 Å². The third kappa shape index (κ3) is 5.36. The fourth-order valence-corrected chi connectivity index (χ4v) is 3.05. The Hall–Kier alpha value is -1.88. The molecule has 0 radical (unpaired) electrons. The summed E-state index contributed by atoms with van der Waals surface area (Å²) in [6.07, 6.45) is 2.21. The number of rotatable bonds is 7. The molecule has 1 aliphatic heterocycles. The summed E-state index contributed by atoms with van der Waals surface area (Å²) in [5, 5.41) is 12.1.